The van der Waals surface area contributed by atoms with Crippen molar-refractivity contribution in [1.82, 2.24) is 0 Å². The second kappa shape index (κ2) is 6.47. The maximum atomic E-state index is 9.91. The van der Waals surface area contributed by atoms with Crippen LogP contribution >= 0.6 is 0 Å². The highest BCUT2D eigenvalue weighted by Gasteiger charge is 2.20. The maximum absolute atomic E-state index is 9.91. The molecule has 0 saturated heterocycles. The summed E-state index contributed by atoms with van der Waals surface area (Å²) in [6.45, 7) is 0.0750. The zero-order valence-electron chi connectivity index (χ0n) is 9.56. The summed E-state index contributed by atoms with van der Waals surface area (Å²) in [5, 5.41) is 31.8. The van der Waals surface area contributed by atoms with E-state index in [2.05, 4.69) is 10.0 Å². The van der Waals surface area contributed by atoms with Gasteiger partial charge in [0.05, 0.1) is 17.7 Å². The minimum atomic E-state index is -1.21. The van der Waals surface area contributed by atoms with E-state index < -0.39 is 12.2 Å². The van der Waals surface area contributed by atoms with Crippen molar-refractivity contribution in [2.75, 3.05) is 12.3 Å². The number of hydrogen-bond acceptors (Lipinski definition) is 5. The van der Waals surface area contributed by atoms with E-state index in [-0.39, 0.29) is 18.5 Å². The molecule has 1 aromatic rings. The van der Waals surface area contributed by atoms with Crippen LogP contribution in [0.15, 0.2) is 23.3 Å². The number of nitrogen functional groups attached to an aromatic ring is 1. The Hall–Kier alpha value is -2.26. The summed E-state index contributed by atoms with van der Waals surface area (Å²) in [7, 11) is 0. The number of rotatable bonds is 5. The minimum absolute atomic E-state index is 0.0750. The Bertz CT molecular complexity index is 505. The Morgan fingerprint density at radius 2 is 2.22 bits per heavy atom. The van der Waals surface area contributed by atoms with Gasteiger partial charge in [-0.05, 0) is 24.1 Å². The van der Waals surface area contributed by atoms with E-state index in [1.165, 1.54) is 12.1 Å². The van der Waals surface area contributed by atoms with Crippen LogP contribution < -0.4 is 5.73 Å². The number of nitriles is 1. The van der Waals surface area contributed by atoms with Gasteiger partial charge in [-0.25, -0.2) is 0 Å². The highest BCUT2D eigenvalue weighted by Crippen LogP contribution is 2.24. The summed E-state index contributed by atoms with van der Waals surface area (Å²) in [5.74, 6) is 0. The van der Waals surface area contributed by atoms with Gasteiger partial charge in [0, 0.05) is 22.7 Å². The number of nitrogens with zero attached hydrogens (tertiary/aromatic N) is 4. The van der Waals surface area contributed by atoms with Crippen molar-refractivity contribution in [2.45, 2.75) is 18.6 Å². The zero-order valence-corrected chi connectivity index (χ0v) is 9.56. The van der Waals surface area contributed by atoms with Gasteiger partial charge in [-0.3, -0.25) is 0 Å². The third-order valence-electron chi connectivity index (χ3n) is 2.47. The topological polar surface area (TPSA) is 139 Å². The second-order valence-corrected chi connectivity index (χ2v) is 3.71. The smallest absolute Gasteiger partial charge is 0.106 e. The van der Waals surface area contributed by atoms with Crippen LogP contribution in [-0.2, 0) is 0 Å². The molecule has 2 atom stereocenters. The van der Waals surface area contributed by atoms with Crippen LogP contribution in [0.1, 0.15) is 23.7 Å². The molecule has 0 aliphatic rings. The molecule has 2 unspecified atom stereocenters. The quantitative estimate of drug-likeness (QED) is 0.311. The molecule has 0 saturated carbocycles. The summed E-state index contributed by atoms with van der Waals surface area (Å²) in [6.07, 6.45) is -2.21. The molecule has 7 heteroatoms. The van der Waals surface area contributed by atoms with Crippen LogP contribution in [0.2, 0.25) is 0 Å². The molecule has 94 valence electrons. The predicted octanol–water partition coefficient (Wildman–Crippen LogP) is 1.24. The molecule has 0 heterocycles. The molecule has 1 rings (SSSR count). The van der Waals surface area contributed by atoms with Crippen LogP contribution in [0.3, 0.4) is 0 Å². The van der Waals surface area contributed by atoms with Crippen molar-refractivity contribution < 1.29 is 10.2 Å². The van der Waals surface area contributed by atoms with Crippen molar-refractivity contribution in [2.24, 2.45) is 5.11 Å². The summed E-state index contributed by atoms with van der Waals surface area (Å²) < 4.78 is 0. The fourth-order valence-electron chi connectivity index (χ4n) is 1.53. The number of aliphatic hydroxyl groups excluding tert-OH is 2. The normalized spacial score (nSPS) is 13.2. The van der Waals surface area contributed by atoms with Gasteiger partial charge < -0.3 is 15.9 Å². The van der Waals surface area contributed by atoms with Crippen molar-refractivity contribution in [3.8, 4) is 6.07 Å². The SMILES string of the molecule is N#Cc1cc(N)ccc1C(O)C(O)CCN=[N+]=[N-]. The van der Waals surface area contributed by atoms with E-state index in [0.717, 1.165) is 0 Å². The van der Waals surface area contributed by atoms with Crippen LogP contribution in [0, 0.1) is 11.3 Å². The molecule has 1 aromatic carbocycles. The molecule has 0 spiro atoms. The predicted molar refractivity (Wildman–Crippen MR) is 65.2 cm³/mol. The van der Waals surface area contributed by atoms with Gasteiger partial charge in [0.15, 0.2) is 0 Å². The zero-order chi connectivity index (χ0) is 13.5. The third kappa shape index (κ3) is 3.37. The van der Waals surface area contributed by atoms with E-state index in [1.54, 1.807) is 6.07 Å². The fourth-order valence-corrected chi connectivity index (χ4v) is 1.53. The number of aliphatic hydroxyl groups is 2. The van der Waals surface area contributed by atoms with Gasteiger partial charge in [0.25, 0.3) is 0 Å². The van der Waals surface area contributed by atoms with E-state index in [9.17, 15) is 10.2 Å². The molecule has 0 fully saturated rings. The summed E-state index contributed by atoms with van der Waals surface area (Å²) >= 11 is 0. The summed E-state index contributed by atoms with van der Waals surface area (Å²) in [5.41, 5.74) is 14.6. The van der Waals surface area contributed by atoms with E-state index in [0.29, 0.717) is 11.3 Å². The molecule has 0 radical (unpaired) electrons. The largest absolute Gasteiger partial charge is 0.399 e. The third-order valence-corrected chi connectivity index (χ3v) is 2.47. The van der Waals surface area contributed by atoms with Crippen LogP contribution in [-0.4, -0.2) is 22.9 Å². The van der Waals surface area contributed by atoms with Crippen molar-refractivity contribution in [3.63, 3.8) is 0 Å². The highest BCUT2D eigenvalue weighted by atomic mass is 16.3. The van der Waals surface area contributed by atoms with Crippen LogP contribution in [0.5, 0.6) is 0 Å². The van der Waals surface area contributed by atoms with Crippen molar-refractivity contribution in [1.29, 1.82) is 5.26 Å². The highest BCUT2D eigenvalue weighted by molar-refractivity contribution is 5.50. The van der Waals surface area contributed by atoms with E-state index in [1.807, 2.05) is 6.07 Å². The average molecular weight is 247 g/mol. The first kappa shape index (κ1) is 13.8. The monoisotopic (exact) mass is 247 g/mol. The minimum Gasteiger partial charge on any atom is -0.399 e. The summed E-state index contributed by atoms with van der Waals surface area (Å²) in [4.78, 5) is 2.55. The molecule has 7 nitrogen and oxygen atoms in total. The summed E-state index contributed by atoms with van der Waals surface area (Å²) in [6, 6.07) is 6.37. The molecule has 18 heavy (non-hydrogen) atoms. The first-order chi connectivity index (χ1) is 8.60. The van der Waals surface area contributed by atoms with Crippen LogP contribution in [0.25, 0.3) is 10.4 Å². The van der Waals surface area contributed by atoms with Gasteiger partial charge in [0.1, 0.15) is 6.10 Å². The number of azide groups is 1. The van der Waals surface area contributed by atoms with E-state index >= 15 is 0 Å². The first-order valence-corrected chi connectivity index (χ1v) is 5.26. The molecule has 0 amide bonds. The Morgan fingerprint density at radius 3 is 2.83 bits per heavy atom. The lowest BCUT2D eigenvalue weighted by atomic mass is 9.97. The lowest BCUT2D eigenvalue weighted by Gasteiger charge is -2.18. The molecular weight excluding hydrogens is 234 g/mol. The van der Waals surface area contributed by atoms with Crippen LogP contribution in [0.4, 0.5) is 5.69 Å². The van der Waals surface area contributed by atoms with E-state index in [4.69, 9.17) is 16.5 Å². The molecule has 4 N–H and O–H groups in total. The molecule has 0 aromatic heterocycles. The van der Waals surface area contributed by atoms with Gasteiger partial charge >= 0.3 is 0 Å². The number of nitrogens with two attached hydrogens (primary N) is 1. The van der Waals surface area contributed by atoms with Crippen molar-refractivity contribution in [3.05, 3.63) is 39.8 Å². The number of hydrogen-bond donors (Lipinski definition) is 3. The Kier molecular flexibility index (Phi) is 4.96. The molecule has 0 aliphatic carbocycles. The molecular formula is C11H13N5O2. The van der Waals surface area contributed by atoms with Crippen molar-refractivity contribution >= 4 is 5.69 Å². The number of anilines is 1. The lowest BCUT2D eigenvalue weighted by molar-refractivity contribution is 0.0149. The Morgan fingerprint density at radius 1 is 1.50 bits per heavy atom. The molecule has 0 aliphatic heterocycles. The van der Waals surface area contributed by atoms with Gasteiger partial charge in [-0.2, -0.15) is 5.26 Å². The lowest BCUT2D eigenvalue weighted by Crippen LogP contribution is -2.20. The Labute approximate surface area is 104 Å². The molecule has 0 bridgehead atoms. The Balaban J connectivity index is 2.86. The fraction of sp³-hybridized carbons (Fsp3) is 0.364. The van der Waals surface area contributed by atoms with Gasteiger partial charge in [-0.15, -0.1) is 0 Å². The first-order valence-electron chi connectivity index (χ1n) is 5.26. The van der Waals surface area contributed by atoms with Gasteiger partial charge in [-0.1, -0.05) is 11.2 Å². The number of benzene rings is 1. The van der Waals surface area contributed by atoms with Gasteiger partial charge in [0.2, 0.25) is 0 Å². The maximum Gasteiger partial charge on any atom is 0.106 e. The average Bonchev–Trinajstić information content (AvgIpc) is 2.37. The second-order valence-electron chi connectivity index (χ2n) is 3.71. The standard InChI is InChI=1S/C11H13N5O2/c12-6-7-5-8(13)1-2-9(7)11(18)10(17)3-4-15-16-14/h1-2,5,10-11,17-18H,3-4,13H2.